The van der Waals surface area contributed by atoms with E-state index in [4.69, 9.17) is 5.73 Å². The van der Waals surface area contributed by atoms with Gasteiger partial charge in [-0.2, -0.15) is 8.42 Å². The van der Waals surface area contributed by atoms with Crippen molar-refractivity contribution in [3.63, 3.8) is 0 Å². The Morgan fingerprint density at radius 3 is 2.39 bits per heavy atom. The average molecular weight is 479 g/mol. The molecule has 0 saturated heterocycles. The van der Waals surface area contributed by atoms with Crippen LogP contribution in [0.2, 0.25) is 0 Å². The Morgan fingerprint density at radius 1 is 1.03 bits per heavy atom. The molecule has 33 heavy (non-hydrogen) atoms. The highest BCUT2D eigenvalue weighted by atomic mass is 32.2. The zero-order chi connectivity index (χ0) is 24.3. The molecular formula is C21H20F3N5O3S. The summed E-state index contributed by atoms with van der Waals surface area (Å²) in [6.07, 6.45) is 0.808. The average Bonchev–Trinajstić information content (AvgIpc) is 2.74. The third-order valence-corrected chi connectivity index (χ3v) is 5.70. The minimum absolute atomic E-state index is 0.0110. The van der Waals surface area contributed by atoms with Crippen LogP contribution in [0.3, 0.4) is 0 Å². The topological polar surface area (TPSA) is 126 Å². The molecule has 5 N–H and O–H groups in total. The summed E-state index contributed by atoms with van der Waals surface area (Å²) < 4.78 is 70.9. The van der Waals surface area contributed by atoms with Crippen LogP contribution in [0.1, 0.15) is 27.0 Å². The van der Waals surface area contributed by atoms with Gasteiger partial charge in [0.05, 0.1) is 16.9 Å². The van der Waals surface area contributed by atoms with Gasteiger partial charge in [0, 0.05) is 19.7 Å². The number of benzene rings is 2. The normalized spacial score (nSPS) is 11.3. The first-order valence-electron chi connectivity index (χ1n) is 9.50. The summed E-state index contributed by atoms with van der Waals surface area (Å²) >= 11 is 0. The van der Waals surface area contributed by atoms with Crippen molar-refractivity contribution in [1.82, 2.24) is 9.71 Å². The number of carbonyl (C=O) groups excluding carboxylic acids is 1. The molecule has 8 nitrogen and oxygen atoms in total. The molecule has 3 rings (SSSR count). The van der Waals surface area contributed by atoms with Crippen molar-refractivity contribution in [2.45, 2.75) is 13.3 Å². The molecule has 0 unspecified atom stereocenters. The number of halogens is 3. The quantitative estimate of drug-likeness (QED) is 0.395. The molecule has 0 aliphatic rings. The molecule has 0 atom stereocenters. The smallest absolute Gasteiger partial charge is 0.300 e. The number of hydrogen-bond acceptors (Lipinski definition) is 5. The van der Waals surface area contributed by atoms with Crippen LogP contribution in [0.25, 0.3) is 0 Å². The first kappa shape index (κ1) is 24.0. The molecule has 1 heterocycles. The summed E-state index contributed by atoms with van der Waals surface area (Å²) in [5.41, 5.74) is 5.72. The molecule has 0 saturated carbocycles. The number of hydrogen-bond donors (Lipinski definition) is 4. The van der Waals surface area contributed by atoms with Crippen molar-refractivity contribution >= 4 is 33.3 Å². The van der Waals surface area contributed by atoms with Gasteiger partial charge in [0.25, 0.3) is 16.1 Å². The van der Waals surface area contributed by atoms with Gasteiger partial charge in [-0.15, -0.1) is 0 Å². The second kappa shape index (κ2) is 9.46. The largest absolute Gasteiger partial charge is 0.366 e. The number of nitrogens with one attached hydrogen (secondary N) is 3. The third-order valence-electron chi connectivity index (χ3n) is 4.70. The summed E-state index contributed by atoms with van der Waals surface area (Å²) in [4.78, 5) is 15.6. The van der Waals surface area contributed by atoms with Crippen molar-refractivity contribution in [1.29, 1.82) is 0 Å². The summed E-state index contributed by atoms with van der Waals surface area (Å²) in [5.74, 6) is -3.93. The number of pyridine rings is 1. The Hall–Kier alpha value is -3.64. The van der Waals surface area contributed by atoms with Crippen LogP contribution in [0, 0.1) is 24.4 Å². The lowest BCUT2D eigenvalue weighted by molar-refractivity contribution is 0.100. The maximum atomic E-state index is 14.9. The molecule has 0 bridgehead atoms. The number of nitrogens with two attached hydrogens (primary N) is 1. The molecule has 3 aromatic rings. The van der Waals surface area contributed by atoms with Gasteiger partial charge in [-0.25, -0.2) is 22.9 Å². The van der Waals surface area contributed by atoms with Gasteiger partial charge >= 0.3 is 0 Å². The lowest BCUT2D eigenvalue weighted by atomic mass is 10.0. The monoisotopic (exact) mass is 479 g/mol. The van der Waals surface area contributed by atoms with Crippen molar-refractivity contribution in [3.05, 3.63) is 82.3 Å². The number of aromatic nitrogens is 1. The number of nitrogens with zero attached hydrogens (tertiary/aromatic N) is 1. The van der Waals surface area contributed by atoms with E-state index < -0.39 is 39.4 Å². The minimum atomic E-state index is -4.03. The van der Waals surface area contributed by atoms with Gasteiger partial charge in [0.1, 0.15) is 11.6 Å². The van der Waals surface area contributed by atoms with Crippen LogP contribution in [-0.2, 0) is 16.6 Å². The van der Waals surface area contributed by atoms with Gasteiger partial charge in [-0.1, -0.05) is 6.07 Å². The van der Waals surface area contributed by atoms with E-state index in [9.17, 15) is 26.4 Å². The van der Waals surface area contributed by atoms with Crippen LogP contribution >= 0.6 is 0 Å². The standard InChI is InChI=1S/C21H20F3N5O3S/c1-11-3-4-17(16(23)7-11)28-18-10-15(22)13(9-14(18)20(25)30)8-12-5-6-27-21(19(12)24)29-33(31,32)26-2/h3-7,9-10,26,28H,8H2,1-2H3,(H2,25,30)(H,27,29). The molecule has 0 aliphatic carbocycles. The minimum Gasteiger partial charge on any atom is -0.366 e. The van der Waals surface area contributed by atoms with Crippen LogP contribution in [0.4, 0.5) is 30.4 Å². The number of rotatable bonds is 8. The highest BCUT2D eigenvalue weighted by Gasteiger charge is 2.19. The Bertz CT molecular complexity index is 1330. The first-order valence-corrected chi connectivity index (χ1v) is 11.0. The van der Waals surface area contributed by atoms with E-state index in [1.54, 1.807) is 13.0 Å². The van der Waals surface area contributed by atoms with E-state index in [-0.39, 0.29) is 34.5 Å². The summed E-state index contributed by atoms with van der Waals surface area (Å²) in [6, 6.07) is 7.65. The Balaban J connectivity index is 1.97. The molecule has 1 amide bonds. The number of aryl methyl sites for hydroxylation is 1. The Kier molecular flexibility index (Phi) is 6.89. The fraction of sp³-hybridized carbons (Fsp3) is 0.143. The molecule has 2 aromatic carbocycles. The predicted molar refractivity (Wildman–Crippen MR) is 118 cm³/mol. The van der Waals surface area contributed by atoms with Crippen molar-refractivity contribution < 1.29 is 26.4 Å². The van der Waals surface area contributed by atoms with E-state index in [1.807, 2.05) is 9.44 Å². The lowest BCUT2D eigenvalue weighted by Crippen LogP contribution is -2.27. The highest BCUT2D eigenvalue weighted by Crippen LogP contribution is 2.28. The van der Waals surface area contributed by atoms with Gasteiger partial charge in [0.15, 0.2) is 11.6 Å². The maximum absolute atomic E-state index is 14.9. The van der Waals surface area contributed by atoms with Gasteiger partial charge < -0.3 is 11.1 Å². The molecule has 0 aliphatic heterocycles. The number of anilines is 3. The summed E-state index contributed by atoms with van der Waals surface area (Å²) in [5, 5.41) is 2.65. The zero-order valence-corrected chi connectivity index (χ0v) is 18.4. The SMILES string of the molecule is CNS(=O)(=O)Nc1nccc(Cc2cc(C(N)=O)c(Nc3ccc(C)cc3F)cc2F)c1F. The van der Waals surface area contributed by atoms with Crippen LogP contribution in [-0.4, -0.2) is 26.4 Å². The van der Waals surface area contributed by atoms with Gasteiger partial charge in [-0.3, -0.25) is 9.52 Å². The highest BCUT2D eigenvalue weighted by molar-refractivity contribution is 7.90. The molecule has 1 aromatic heterocycles. The molecule has 12 heteroatoms. The van der Waals surface area contributed by atoms with Gasteiger partial charge in [-0.05, 0) is 53.9 Å². The Morgan fingerprint density at radius 2 is 1.76 bits per heavy atom. The third kappa shape index (κ3) is 5.59. The number of primary amides is 1. The summed E-state index contributed by atoms with van der Waals surface area (Å²) in [6.45, 7) is 1.70. The molecule has 0 spiro atoms. The second-order valence-corrected chi connectivity index (χ2v) is 8.70. The van der Waals surface area contributed by atoms with E-state index in [2.05, 4.69) is 10.3 Å². The van der Waals surface area contributed by atoms with Crippen LogP contribution in [0.5, 0.6) is 0 Å². The first-order chi connectivity index (χ1) is 15.5. The van der Waals surface area contributed by atoms with E-state index >= 15 is 0 Å². The van der Waals surface area contributed by atoms with Crippen molar-refractivity contribution in [2.75, 3.05) is 17.1 Å². The van der Waals surface area contributed by atoms with Crippen molar-refractivity contribution in [2.24, 2.45) is 5.73 Å². The predicted octanol–water partition coefficient (Wildman–Crippen LogP) is 3.12. The van der Waals surface area contributed by atoms with Crippen LogP contribution in [0.15, 0.2) is 42.6 Å². The fourth-order valence-corrected chi connectivity index (χ4v) is 3.50. The van der Waals surface area contributed by atoms with Crippen molar-refractivity contribution in [3.8, 4) is 0 Å². The van der Waals surface area contributed by atoms with Crippen LogP contribution < -0.4 is 20.5 Å². The molecule has 174 valence electrons. The van der Waals surface area contributed by atoms with E-state index in [0.29, 0.717) is 5.56 Å². The fourth-order valence-electron chi connectivity index (χ4n) is 3.00. The van der Waals surface area contributed by atoms with E-state index in [1.165, 1.54) is 18.2 Å². The van der Waals surface area contributed by atoms with E-state index in [0.717, 1.165) is 25.4 Å². The summed E-state index contributed by atoms with van der Waals surface area (Å²) in [7, 11) is -2.90. The number of carbonyl (C=O) groups is 1. The lowest BCUT2D eigenvalue weighted by Gasteiger charge is -2.15. The maximum Gasteiger partial charge on any atom is 0.300 e. The molecule has 0 radical (unpaired) electrons. The van der Waals surface area contributed by atoms with Gasteiger partial charge in [0.2, 0.25) is 0 Å². The second-order valence-electron chi connectivity index (χ2n) is 7.08. The molecular weight excluding hydrogens is 459 g/mol. The Labute approximate surface area is 188 Å². The molecule has 0 fully saturated rings. The number of amides is 1. The zero-order valence-electron chi connectivity index (χ0n) is 17.5.